The molecular weight excluding hydrogens is 236 g/mol. The summed E-state index contributed by atoms with van der Waals surface area (Å²) in [5, 5.41) is 9.20. The third kappa shape index (κ3) is 2.51. The molecule has 2 aromatic rings. The Morgan fingerprint density at radius 3 is 2.63 bits per heavy atom. The van der Waals surface area contributed by atoms with Crippen LogP contribution in [-0.2, 0) is 19.4 Å². The summed E-state index contributed by atoms with van der Waals surface area (Å²) >= 11 is 0. The van der Waals surface area contributed by atoms with E-state index in [1.54, 1.807) is 0 Å². The van der Waals surface area contributed by atoms with Crippen LogP contribution in [0.1, 0.15) is 35.5 Å². The van der Waals surface area contributed by atoms with Crippen LogP contribution in [0.4, 0.5) is 0 Å². The summed E-state index contributed by atoms with van der Waals surface area (Å²) in [6.07, 6.45) is 4.94. The lowest BCUT2D eigenvalue weighted by atomic mass is 9.90. The molecule has 0 bridgehead atoms. The topological polar surface area (TPSA) is 46.0 Å². The largest absolute Gasteiger partial charge is 0.388 e. The fraction of sp³-hybridized carbons (Fsp3) is 0.375. The summed E-state index contributed by atoms with van der Waals surface area (Å²) < 4.78 is 0. The molecule has 19 heavy (non-hydrogen) atoms. The van der Waals surface area contributed by atoms with Crippen molar-refractivity contribution in [2.75, 3.05) is 0 Å². The molecule has 1 aliphatic carbocycles. The molecule has 3 nitrogen and oxygen atoms in total. The molecule has 0 spiro atoms. The van der Waals surface area contributed by atoms with Gasteiger partial charge in [0.2, 0.25) is 0 Å². The Balaban J connectivity index is 2.04. The number of nitrogens with zero attached hydrogens (tertiary/aromatic N) is 2. The van der Waals surface area contributed by atoms with Crippen LogP contribution in [0.25, 0.3) is 11.3 Å². The molecule has 0 radical (unpaired) electrons. The first-order chi connectivity index (χ1) is 9.26. The van der Waals surface area contributed by atoms with Gasteiger partial charge in [-0.3, -0.25) is 0 Å². The van der Waals surface area contributed by atoms with Crippen molar-refractivity contribution in [2.45, 2.75) is 39.2 Å². The lowest BCUT2D eigenvalue weighted by molar-refractivity contribution is 0.271. The highest BCUT2D eigenvalue weighted by atomic mass is 16.3. The maximum absolute atomic E-state index is 9.20. The van der Waals surface area contributed by atoms with Crippen LogP contribution in [0.3, 0.4) is 0 Å². The van der Waals surface area contributed by atoms with Crippen molar-refractivity contribution in [2.24, 2.45) is 0 Å². The molecule has 0 atom stereocenters. The van der Waals surface area contributed by atoms with Gasteiger partial charge in [-0.15, -0.1) is 0 Å². The van der Waals surface area contributed by atoms with Crippen molar-refractivity contribution in [3.05, 3.63) is 46.9 Å². The SMILES string of the molecule is Cc1cc(-c2ccc3c(c2)CCCC3)nc(CO)n1. The van der Waals surface area contributed by atoms with E-state index in [0.717, 1.165) is 17.0 Å². The van der Waals surface area contributed by atoms with E-state index in [1.807, 2.05) is 13.0 Å². The maximum atomic E-state index is 9.20. The zero-order valence-electron chi connectivity index (χ0n) is 11.2. The normalized spacial score (nSPS) is 14.2. The van der Waals surface area contributed by atoms with Crippen LogP contribution in [0.5, 0.6) is 0 Å². The van der Waals surface area contributed by atoms with Gasteiger partial charge in [-0.05, 0) is 55.9 Å². The van der Waals surface area contributed by atoms with Gasteiger partial charge in [-0.2, -0.15) is 0 Å². The van der Waals surface area contributed by atoms with Gasteiger partial charge < -0.3 is 5.11 Å². The highest BCUT2D eigenvalue weighted by Crippen LogP contribution is 2.26. The second-order valence-corrected chi connectivity index (χ2v) is 5.16. The van der Waals surface area contributed by atoms with E-state index >= 15 is 0 Å². The van der Waals surface area contributed by atoms with Gasteiger partial charge in [0.15, 0.2) is 5.82 Å². The fourth-order valence-electron chi connectivity index (χ4n) is 2.74. The predicted octanol–water partition coefficient (Wildman–Crippen LogP) is 2.82. The van der Waals surface area contributed by atoms with E-state index < -0.39 is 0 Å². The van der Waals surface area contributed by atoms with E-state index in [1.165, 1.54) is 36.8 Å². The lowest BCUT2D eigenvalue weighted by Crippen LogP contribution is -2.03. The molecule has 1 N–H and O–H groups in total. The molecular formula is C16H18N2O. The number of aliphatic hydroxyl groups excluding tert-OH is 1. The van der Waals surface area contributed by atoms with Crippen LogP contribution in [0.2, 0.25) is 0 Å². The molecule has 1 aliphatic rings. The van der Waals surface area contributed by atoms with Crippen molar-refractivity contribution in [3.8, 4) is 11.3 Å². The summed E-state index contributed by atoms with van der Waals surface area (Å²) in [5.74, 6) is 0.493. The third-order valence-corrected chi connectivity index (χ3v) is 3.69. The minimum absolute atomic E-state index is 0.111. The van der Waals surface area contributed by atoms with Crippen LogP contribution >= 0.6 is 0 Å². The molecule has 0 fully saturated rings. The molecule has 0 saturated heterocycles. The van der Waals surface area contributed by atoms with Crippen molar-refractivity contribution in [3.63, 3.8) is 0 Å². The third-order valence-electron chi connectivity index (χ3n) is 3.69. The molecule has 0 aliphatic heterocycles. The Labute approximate surface area is 113 Å². The summed E-state index contributed by atoms with van der Waals surface area (Å²) in [6.45, 7) is 1.82. The van der Waals surface area contributed by atoms with Gasteiger partial charge in [0, 0.05) is 11.3 Å². The average Bonchev–Trinajstić information content (AvgIpc) is 2.46. The molecule has 3 heteroatoms. The molecule has 98 valence electrons. The van der Waals surface area contributed by atoms with Crippen molar-refractivity contribution in [1.29, 1.82) is 0 Å². The second-order valence-electron chi connectivity index (χ2n) is 5.16. The maximum Gasteiger partial charge on any atom is 0.154 e. The van der Waals surface area contributed by atoms with Gasteiger partial charge >= 0.3 is 0 Å². The Hall–Kier alpha value is -1.74. The Kier molecular flexibility index (Phi) is 3.30. The van der Waals surface area contributed by atoms with E-state index in [4.69, 9.17) is 0 Å². The molecule has 1 aromatic heterocycles. The molecule has 0 amide bonds. The number of hydrogen-bond donors (Lipinski definition) is 1. The highest BCUT2D eigenvalue weighted by molar-refractivity contribution is 5.61. The van der Waals surface area contributed by atoms with Crippen molar-refractivity contribution in [1.82, 2.24) is 9.97 Å². The number of hydrogen-bond acceptors (Lipinski definition) is 3. The Morgan fingerprint density at radius 1 is 1.05 bits per heavy atom. The first-order valence-corrected chi connectivity index (χ1v) is 6.84. The summed E-state index contributed by atoms with van der Waals surface area (Å²) in [5.41, 5.74) is 5.85. The minimum atomic E-state index is -0.111. The summed E-state index contributed by atoms with van der Waals surface area (Å²) in [4.78, 5) is 8.61. The van der Waals surface area contributed by atoms with Gasteiger partial charge in [0.25, 0.3) is 0 Å². The van der Waals surface area contributed by atoms with Crippen LogP contribution in [-0.4, -0.2) is 15.1 Å². The minimum Gasteiger partial charge on any atom is -0.388 e. The van der Waals surface area contributed by atoms with Gasteiger partial charge in [-0.25, -0.2) is 9.97 Å². The molecule has 0 saturated carbocycles. The van der Waals surface area contributed by atoms with Crippen LogP contribution in [0.15, 0.2) is 24.3 Å². The fourth-order valence-corrected chi connectivity index (χ4v) is 2.74. The zero-order chi connectivity index (χ0) is 13.2. The Bertz CT molecular complexity index is 608. The van der Waals surface area contributed by atoms with E-state index in [9.17, 15) is 5.11 Å². The number of benzene rings is 1. The average molecular weight is 254 g/mol. The van der Waals surface area contributed by atoms with E-state index in [2.05, 4.69) is 28.2 Å². The zero-order valence-corrected chi connectivity index (χ0v) is 11.2. The number of aryl methyl sites for hydroxylation is 3. The Morgan fingerprint density at radius 2 is 1.84 bits per heavy atom. The summed E-state index contributed by atoms with van der Waals surface area (Å²) in [6, 6.07) is 8.58. The quantitative estimate of drug-likeness (QED) is 0.896. The van der Waals surface area contributed by atoms with Gasteiger partial charge in [0.1, 0.15) is 6.61 Å². The number of aromatic nitrogens is 2. The first-order valence-electron chi connectivity index (χ1n) is 6.84. The molecule has 1 heterocycles. The number of fused-ring (bicyclic) bond motifs is 1. The lowest BCUT2D eigenvalue weighted by Gasteiger charge is -2.16. The molecule has 1 aromatic carbocycles. The predicted molar refractivity (Wildman–Crippen MR) is 74.8 cm³/mol. The van der Waals surface area contributed by atoms with Gasteiger partial charge in [0.05, 0.1) is 5.69 Å². The first kappa shape index (κ1) is 12.3. The smallest absolute Gasteiger partial charge is 0.154 e. The monoisotopic (exact) mass is 254 g/mol. The van der Waals surface area contributed by atoms with E-state index in [0.29, 0.717) is 5.82 Å². The van der Waals surface area contributed by atoms with Gasteiger partial charge in [-0.1, -0.05) is 12.1 Å². The highest BCUT2D eigenvalue weighted by Gasteiger charge is 2.11. The summed E-state index contributed by atoms with van der Waals surface area (Å²) in [7, 11) is 0. The van der Waals surface area contributed by atoms with E-state index in [-0.39, 0.29) is 6.61 Å². The second kappa shape index (κ2) is 5.10. The van der Waals surface area contributed by atoms with Crippen LogP contribution in [0, 0.1) is 6.92 Å². The van der Waals surface area contributed by atoms with Crippen molar-refractivity contribution < 1.29 is 5.11 Å². The standard InChI is InChI=1S/C16H18N2O/c1-11-8-15(18-16(10-19)17-11)14-7-6-12-4-2-3-5-13(12)9-14/h6-9,19H,2-5,10H2,1H3. The van der Waals surface area contributed by atoms with Crippen LogP contribution < -0.4 is 0 Å². The molecule has 3 rings (SSSR count). The molecule has 0 unspecified atom stereocenters. The van der Waals surface area contributed by atoms with Crippen molar-refractivity contribution >= 4 is 0 Å². The number of rotatable bonds is 2. The number of aliphatic hydroxyl groups is 1.